The second kappa shape index (κ2) is 5.00. The van der Waals surface area contributed by atoms with E-state index in [-0.39, 0.29) is 0 Å². The van der Waals surface area contributed by atoms with Gasteiger partial charge in [0.05, 0.1) is 5.69 Å². The fraction of sp³-hybridized carbons (Fsp3) is 0.667. The second-order valence-corrected chi connectivity index (χ2v) is 4.78. The van der Waals surface area contributed by atoms with E-state index in [4.69, 9.17) is 11.6 Å². The molecule has 3 nitrogen and oxygen atoms in total. The smallest absolute Gasteiger partial charge is 0.224 e. The van der Waals surface area contributed by atoms with E-state index in [9.17, 15) is 0 Å². The molecule has 1 N–H and O–H groups in total. The van der Waals surface area contributed by atoms with E-state index in [0.717, 1.165) is 30.5 Å². The Labute approximate surface area is 102 Å². The Hall–Kier alpha value is -0.830. The van der Waals surface area contributed by atoms with Gasteiger partial charge >= 0.3 is 0 Å². The largest absolute Gasteiger partial charge is 0.352 e. The molecule has 0 amide bonds. The van der Waals surface area contributed by atoms with Crippen LogP contribution in [-0.2, 0) is 12.8 Å². The molecule has 0 bridgehead atoms. The van der Waals surface area contributed by atoms with Crippen molar-refractivity contribution in [2.75, 3.05) is 5.32 Å². The number of nitrogens with zero attached hydrogens (tertiary/aromatic N) is 2. The zero-order valence-electron chi connectivity index (χ0n) is 9.89. The van der Waals surface area contributed by atoms with Crippen LogP contribution in [0.2, 0.25) is 5.15 Å². The van der Waals surface area contributed by atoms with Crippen LogP contribution in [0.4, 0.5) is 5.95 Å². The van der Waals surface area contributed by atoms with Crippen LogP contribution in [0.5, 0.6) is 0 Å². The van der Waals surface area contributed by atoms with Crippen LogP contribution in [-0.4, -0.2) is 16.0 Å². The quantitative estimate of drug-likeness (QED) is 0.823. The molecule has 0 fully saturated rings. The summed E-state index contributed by atoms with van der Waals surface area (Å²) in [4.78, 5) is 8.87. The zero-order valence-corrected chi connectivity index (χ0v) is 10.6. The Morgan fingerprint density at radius 3 is 2.81 bits per heavy atom. The standard InChI is InChI=1S/C12H18ClN3/c1-3-8(2)14-12-15-10-7-5-4-6-9(10)11(13)16-12/h8H,3-7H2,1-2H3,(H,14,15,16)/t8-/m0/s1. The molecule has 88 valence electrons. The summed E-state index contributed by atoms with van der Waals surface area (Å²) in [6.45, 7) is 4.26. The normalized spacial score (nSPS) is 16.7. The third-order valence-electron chi connectivity index (χ3n) is 3.12. The van der Waals surface area contributed by atoms with E-state index < -0.39 is 0 Å². The van der Waals surface area contributed by atoms with Gasteiger partial charge in [-0.25, -0.2) is 9.97 Å². The summed E-state index contributed by atoms with van der Waals surface area (Å²) in [5.41, 5.74) is 2.29. The molecule has 1 atom stereocenters. The van der Waals surface area contributed by atoms with Gasteiger partial charge in [-0.2, -0.15) is 0 Å². The summed E-state index contributed by atoms with van der Waals surface area (Å²) in [6.07, 6.45) is 5.53. The van der Waals surface area contributed by atoms with Crippen molar-refractivity contribution in [1.29, 1.82) is 0 Å². The second-order valence-electron chi connectivity index (χ2n) is 4.42. The Morgan fingerprint density at radius 1 is 1.31 bits per heavy atom. The third-order valence-corrected chi connectivity index (χ3v) is 3.43. The van der Waals surface area contributed by atoms with Crippen molar-refractivity contribution in [2.45, 2.75) is 52.0 Å². The van der Waals surface area contributed by atoms with Crippen molar-refractivity contribution >= 4 is 17.5 Å². The highest BCUT2D eigenvalue weighted by atomic mass is 35.5. The van der Waals surface area contributed by atoms with Crippen LogP contribution >= 0.6 is 11.6 Å². The van der Waals surface area contributed by atoms with Gasteiger partial charge in [0.15, 0.2) is 0 Å². The maximum atomic E-state index is 6.18. The molecule has 1 aliphatic carbocycles. The van der Waals surface area contributed by atoms with Crippen molar-refractivity contribution < 1.29 is 0 Å². The summed E-state index contributed by atoms with van der Waals surface area (Å²) >= 11 is 6.18. The molecule has 2 rings (SSSR count). The SMILES string of the molecule is CC[C@H](C)Nc1nc(Cl)c2c(n1)CCCC2. The molecular weight excluding hydrogens is 222 g/mol. The Morgan fingerprint density at radius 2 is 2.06 bits per heavy atom. The van der Waals surface area contributed by atoms with Crippen molar-refractivity contribution in [2.24, 2.45) is 0 Å². The first-order valence-corrected chi connectivity index (χ1v) is 6.40. The van der Waals surface area contributed by atoms with E-state index in [1.54, 1.807) is 0 Å². The molecule has 0 aromatic carbocycles. The zero-order chi connectivity index (χ0) is 11.5. The number of aromatic nitrogens is 2. The van der Waals surface area contributed by atoms with Crippen molar-refractivity contribution in [3.63, 3.8) is 0 Å². The molecule has 0 unspecified atom stereocenters. The minimum absolute atomic E-state index is 0.387. The molecule has 0 spiro atoms. The molecular formula is C12H18ClN3. The highest BCUT2D eigenvalue weighted by Crippen LogP contribution is 2.26. The number of hydrogen-bond donors (Lipinski definition) is 1. The van der Waals surface area contributed by atoms with Crippen LogP contribution in [0.15, 0.2) is 0 Å². The maximum Gasteiger partial charge on any atom is 0.224 e. The lowest BCUT2D eigenvalue weighted by atomic mass is 9.97. The fourth-order valence-electron chi connectivity index (χ4n) is 1.94. The highest BCUT2D eigenvalue weighted by Gasteiger charge is 2.16. The topological polar surface area (TPSA) is 37.8 Å². The molecule has 1 aliphatic rings. The fourth-order valence-corrected chi connectivity index (χ4v) is 2.22. The summed E-state index contributed by atoms with van der Waals surface area (Å²) in [6, 6.07) is 0.387. The Bertz CT molecular complexity index is 379. The number of halogens is 1. The Balaban J connectivity index is 2.24. The first-order valence-electron chi connectivity index (χ1n) is 6.02. The highest BCUT2D eigenvalue weighted by molar-refractivity contribution is 6.30. The first-order chi connectivity index (χ1) is 7.70. The van der Waals surface area contributed by atoms with Crippen molar-refractivity contribution in [1.82, 2.24) is 9.97 Å². The Kier molecular flexibility index (Phi) is 3.64. The van der Waals surface area contributed by atoms with Crippen molar-refractivity contribution in [3.8, 4) is 0 Å². The van der Waals surface area contributed by atoms with Gasteiger partial charge < -0.3 is 5.32 Å². The van der Waals surface area contributed by atoms with Crippen LogP contribution < -0.4 is 5.32 Å². The van der Waals surface area contributed by atoms with Gasteiger partial charge in [-0.15, -0.1) is 0 Å². The van der Waals surface area contributed by atoms with Gasteiger partial charge in [-0.3, -0.25) is 0 Å². The minimum atomic E-state index is 0.387. The van der Waals surface area contributed by atoms with Crippen LogP contribution in [0.1, 0.15) is 44.4 Å². The number of nitrogens with one attached hydrogen (secondary N) is 1. The van der Waals surface area contributed by atoms with Gasteiger partial charge in [-0.05, 0) is 39.0 Å². The van der Waals surface area contributed by atoms with E-state index in [1.165, 1.54) is 12.8 Å². The minimum Gasteiger partial charge on any atom is -0.352 e. The molecule has 1 aromatic heterocycles. The lowest BCUT2D eigenvalue weighted by Crippen LogP contribution is -2.18. The van der Waals surface area contributed by atoms with E-state index in [0.29, 0.717) is 17.1 Å². The molecule has 4 heteroatoms. The van der Waals surface area contributed by atoms with Gasteiger partial charge in [0, 0.05) is 11.6 Å². The molecule has 0 aliphatic heterocycles. The lowest BCUT2D eigenvalue weighted by molar-refractivity contribution is 0.660. The summed E-state index contributed by atoms with van der Waals surface area (Å²) in [5.74, 6) is 0.681. The first kappa shape index (κ1) is 11.6. The lowest BCUT2D eigenvalue weighted by Gasteiger charge is -2.18. The monoisotopic (exact) mass is 239 g/mol. The van der Waals surface area contributed by atoms with Gasteiger partial charge in [0.1, 0.15) is 5.15 Å². The molecule has 0 saturated carbocycles. The number of aryl methyl sites for hydroxylation is 1. The van der Waals surface area contributed by atoms with Crippen LogP contribution in [0.3, 0.4) is 0 Å². The molecule has 1 aromatic rings. The summed E-state index contributed by atoms with van der Waals surface area (Å²) in [5, 5.41) is 3.91. The molecule has 1 heterocycles. The van der Waals surface area contributed by atoms with Gasteiger partial charge in [0.2, 0.25) is 5.95 Å². The summed E-state index contributed by atoms with van der Waals surface area (Å²) in [7, 11) is 0. The van der Waals surface area contributed by atoms with Crippen molar-refractivity contribution in [3.05, 3.63) is 16.4 Å². The third kappa shape index (κ3) is 2.46. The number of anilines is 1. The number of hydrogen-bond acceptors (Lipinski definition) is 3. The predicted molar refractivity (Wildman–Crippen MR) is 67.1 cm³/mol. The predicted octanol–water partition coefficient (Wildman–Crippen LogP) is 3.22. The molecule has 0 radical (unpaired) electrons. The van der Waals surface area contributed by atoms with E-state index >= 15 is 0 Å². The van der Waals surface area contributed by atoms with E-state index in [2.05, 4.69) is 29.1 Å². The molecule has 0 saturated heterocycles. The van der Waals surface area contributed by atoms with Crippen LogP contribution in [0, 0.1) is 0 Å². The average molecular weight is 240 g/mol. The number of fused-ring (bicyclic) bond motifs is 1. The number of rotatable bonds is 3. The van der Waals surface area contributed by atoms with Gasteiger partial charge in [0.25, 0.3) is 0 Å². The molecule has 16 heavy (non-hydrogen) atoms. The van der Waals surface area contributed by atoms with Gasteiger partial charge in [-0.1, -0.05) is 18.5 Å². The maximum absolute atomic E-state index is 6.18. The average Bonchev–Trinajstić information content (AvgIpc) is 2.29. The summed E-state index contributed by atoms with van der Waals surface area (Å²) < 4.78 is 0. The van der Waals surface area contributed by atoms with Crippen LogP contribution in [0.25, 0.3) is 0 Å². The van der Waals surface area contributed by atoms with E-state index in [1.807, 2.05) is 0 Å².